The second-order valence-corrected chi connectivity index (χ2v) is 4.17. The van der Waals surface area contributed by atoms with Gasteiger partial charge in [-0.2, -0.15) is 0 Å². The minimum atomic E-state index is 1.24. The Hall–Kier alpha value is -1.28. The van der Waals surface area contributed by atoms with Crippen molar-refractivity contribution in [2.75, 3.05) is 0 Å². The van der Waals surface area contributed by atoms with Crippen LogP contribution in [0.1, 0.15) is 5.56 Å². The number of rotatable bonds is 0. The number of thiophene rings is 1. The summed E-state index contributed by atoms with van der Waals surface area (Å²) in [7, 11) is 0. The van der Waals surface area contributed by atoms with Crippen molar-refractivity contribution in [2.45, 2.75) is 6.92 Å². The van der Waals surface area contributed by atoms with Gasteiger partial charge in [-0.25, -0.2) is 0 Å². The molecule has 0 aliphatic rings. The van der Waals surface area contributed by atoms with Crippen LogP contribution in [0.3, 0.4) is 0 Å². The van der Waals surface area contributed by atoms with Crippen molar-refractivity contribution < 1.29 is 0 Å². The molecule has 3 rings (SSSR count). The molecule has 3 aromatic rings. The van der Waals surface area contributed by atoms with E-state index < -0.39 is 0 Å². The Labute approximate surface area is 80.0 Å². The van der Waals surface area contributed by atoms with Gasteiger partial charge in [0.2, 0.25) is 0 Å². The molecule has 0 amide bonds. The van der Waals surface area contributed by atoms with Crippen LogP contribution in [0.2, 0.25) is 0 Å². The predicted octanol–water partition coefficient (Wildman–Crippen LogP) is 3.69. The van der Waals surface area contributed by atoms with Gasteiger partial charge in [0.05, 0.1) is 10.2 Å². The fourth-order valence-corrected chi connectivity index (χ4v) is 2.77. The van der Waals surface area contributed by atoms with E-state index in [0.717, 1.165) is 0 Å². The Morgan fingerprint density at radius 2 is 2.08 bits per heavy atom. The fourth-order valence-electron chi connectivity index (χ4n) is 1.72. The third-order valence-corrected chi connectivity index (χ3v) is 3.54. The van der Waals surface area contributed by atoms with Crippen LogP contribution >= 0.6 is 11.3 Å². The Morgan fingerprint density at radius 1 is 1.23 bits per heavy atom. The lowest BCUT2D eigenvalue weighted by Crippen LogP contribution is -1.66. The third kappa shape index (κ3) is 0.864. The molecule has 1 nitrogen and oxygen atoms in total. The molecule has 2 heterocycles. The van der Waals surface area contributed by atoms with E-state index in [1.165, 1.54) is 26.7 Å². The van der Waals surface area contributed by atoms with Crippen LogP contribution in [0.4, 0.5) is 0 Å². The average Bonchev–Trinajstić information content (AvgIpc) is 2.67. The number of para-hydroxylation sites is 1. The molecule has 0 radical (unpaired) electrons. The summed E-state index contributed by atoms with van der Waals surface area (Å²) in [5.74, 6) is 0. The van der Waals surface area contributed by atoms with E-state index in [0.29, 0.717) is 0 Å². The van der Waals surface area contributed by atoms with Crippen LogP contribution in [-0.2, 0) is 0 Å². The highest BCUT2D eigenvalue weighted by Crippen LogP contribution is 2.32. The van der Waals surface area contributed by atoms with Crippen LogP contribution in [-0.4, -0.2) is 4.98 Å². The number of fused-ring (bicyclic) bond motifs is 3. The van der Waals surface area contributed by atoms with Crippen molar-refractivity contribution in [3.8, 4) is 0 Å². The molecule has 0 atom stereocenters. The largest absolute Gasteiger partial charge is 0.354 e. The Kier molecular flexibility index (Phi) is 1.30. The highest BCUT2D eigenvalue weighted by atomic mass is 32.1. The van der Waals surface area contributed by atoms with E-state index in [4.69, 9.17) is 0 Å². The van der Waals surface area contributed by atoms with Crippen LogP contribution in [0, 0.1) is 6.92 Å². The van der Waals surface area contributed by atoms with E-state index >= 15 is 0 Å². The number of aromatic amines is 1. The van der Waals surface area contributed by atoms with Crippen LogP contribution < -0.4 is 0 Å². The molecular weight excluding hydrogens is 178 g/mol. The maximum Gasteiger partial charge on any atom is 0.0604 e. The molecule has 0 aliphatic carbocycles. The summed E-state index contributed by atoms with van der Waals surface area (Å²) in [6.07, 6.45) is 0. The molecule has 13 heavy (non-hydrogen) atoms. The SMILES string of the molecule is Cc1csc2c1[nH]c1ccccc12. The Morgan fingerprint density at radius 3 is 3.00 bits per heavy atom. The molecule has 1 N–H and O–H groups in total. The molecule has 0 unspecified atom stereocenters. The molecule has 1 aromatic carbocycles. The molecule has 0 bridgehead atoms. The fraction of sp³-hybridized carbons (Fsp3) is 0.0909. The average molecular weight is 187 g/mol. The quantitative estimate of drug-likeness (QED) is 0.552. The maximum atomic E-state index is 3.44. The summed E-state index contributed by atoms with van der Waals surface area (Å²) in [6.45, 7) is 2.15. The number of benzene rings is 1. The van der Waals surface area contributed by atoms with Crippen molar-refractivity contribution in [3.05, 3.63) is 35.2 Å². The molecular formula is C11H9NS. The number of aryl methyl sites for hydroxylation is 1. The smallest absolute Gasteiger partial charge is 0.0604 e. The molecule has 0 spiro atoms. The summed E-state index contributed by atoms with van der Waals surface area (Å²) >= 11 is 1.82. The molecule has 0 aliphatic heterocycles. The second kappa shape index (κ2) is 2.36. The lowest BCUT2D eigenvalue weighted by molar-refractivity contribution is 1.48. The maximum absolute atomic E-state index is 3.44. The molecule has 2 heteroatoms. The van der Waals surface area contributed by atoms with Crippen molar-refractivity contribution in [3.63, 3.8) is 0 Å². The number of hydrogen-bond donors (Lipinski definition) is 1. The van der Waals surface area contributed by atoms with Crippen molar-refractivity contribution in [1.29, 1.82) is 0 Å². The second-order valence-electron chi connectivity index (χ2n) is 3.29. The summed E-state index contributed by atoms with van der Waals surface area (Å²) in [4.78, 5) is 3.44. The van der Waals surface area contributed by atoms with E-state index in [2.05, 4.69) is 41.6 Å². The Bertz CT molecular complexity index is 574. The van der Waals surface area contributed by atoms with Gasteiger partial charge in [-0.05, 0) is 23.9 Å². The first-order valence-corrected chi connectivity index (χ1v) is 5.19. The number of hydrogen-bond acceptors (Lipinski definition) is 1. The zero-order valence-corrected chi connectivity index (χ0v) is 8.11. The molecule has 0 fully saturated rings. The number of H-pyrrole nitrogens is 1. The zero-order chi connectivity index (χ0) is 8.84. The monoisotopic (exact) mass is 187 g/mol. The summed E-state index contributed by atoms with van der Waals surface area (Å²) in [5.41, 5.74) is 3.88. The molecule has 0 saturated carbocycles. The van der Waals surface area contributed by atoms with Gasteiger partial charge in [0.15, 0.2) is 0 Å². The van der Waals surface area contributed by atoms with Crippen molar-refractivity contribution in [1.82, 2.24) is 4.98 Å². The third-order valence-electron chi connectivity index (χ3n) is 2.41. The lowest BCUT2D eigenvalue weighted by atomic mass is 10.2. The van der Waals surface area contributed by atoms with Gasteiger partial charge in [0.25, 0.3) is 0 Å². The first kappa shape index (κ1) is 7.15. The van der Waals surface area contributed by atoms with Gasteiger partial charge in [-0.3, -0.25) is 0 Å². The lowest BCUT2D eigenvalue weighted by Gasteiger charge is -1.85. The normalized spacial score (nSPS) is 11.5. The van der Waals surface area contributed by atoms with Gasteiger partial charge in [0, 0.05) is 10.9 Å². The standard InChI is InChI=1S/C11H9NS/c1-7-6-13-11-8-4-2-3-5-9(8)12-10(7)11/h2-6,12H,1H3. The van der Waals surface area contributed by atoms with Crippen LogP contribution in [0.25, 0.3) is 21.1 Å². The highest BCUT2D eigenvalue weighted by Gasteiger charge is 2.06. The first-order valence-electron chi connectivity index (χ1n) is 4.31. The van der Waals surface area contributed by atoms with Gasteiger partial charge < -0.3 is 4.98 Å². The summed E-state index contributed by atoms with van der Waals surface area (Å²) in [6, 6.07) is 8.45. The van der Waals surface area contributed by atoms with Crippen molar-refractivity contribution >= 4 is 32.5 Å². The van der Waals surface area contributed by atoms with Crippen LogP contribution in [0.15, 0.2) is 29.6 Å². The van der Waals surface area contributed by atoms with E-state index in [1.54, 1.807) is 0 Å². The number of nitrogens with one attached hydrogen (secondary N) is 1. The minimum absolute atomic E-state index is 1.24. The number of aromatic nitrogens is 1. The Balaban J connectivity index is 2.64. The van der Waals surface area contributed by atoms with E-state index in [-0.39, 0.29) is 0 Å². The van der Waals surface area contributed by atoms with Gasteiger partial charge in [0.1, 0.15) is 0 Å². The van der Waals surface area contributed by atoms with Gasteiger partial charge in [-0.1, -0.05) is 18.2 Å². The highest BCUT2D eigenvalue weighted by molar-refractivity contribution is 7.18. The summed E-state index contributed by atoms with van der Waals surface area (Å²) < 4.78 is 1.38. The summed E-state index contributed by atoms with van der Waals surface area (Å²) in [5, 5.41) is 3.55. The van der Waals surface area contributed by atoms with E-state index in [9.17, 15) is 0 Å². The van der Waals surface area contributed by atoms with Gasteiger partial charge in [-0.15, -0.1) is 11.3 Å². The minimum Gasteiger partial charge on any atom is -0.354 e. The van der Waals surface area contributed by atoms with Crippen LogP contribution in [0.5, 0.6) is 0 Å². The first-order chi connectivity index (χ1) is 6.36. The van der Waals surface area contributed by atoms with Crippen molar-refractivity contribution in [2.24, 2.45) is 0 Å². The molecule has 2 aromatic heterocycles. The topological polar surface area (TPSA) is 15.8 Å². The zero-order valence-electron chi connectivity index (χ0n) is 7.29. The molecule has 64 valence electrons. The molecule has 0 saturated heterocycles. The predicted molar refractivity (Wildman–Crippen MR) is 58.4 cm³/mol. The van der Waals surface area contributed by atoms with E-state index in [1.807, 2.05) is 11.3 Å². The van der Waals surface area contributed by atoms with Gasteiger partial charge >= 0.3 is 0 Å².